The van der Waals surface area contributed by atoms with E-state index in [9.17, 15) is 4.79 Å². The van der Waals surface area contributed by atoms with Gasteiger partial charge < -0.3 is 5.11 Å². The Morgan fingerprint density at radius 3 is 2.88 bits per heavy atom. The Bertz CT molecular complexity index is 517. The lowest BCUT2D eigenvalue weighted by atomic mass is 9.98. The summed E-state index contributed by atoms with van der Waals surface area (Å²) in [6.45, 7) is 1.71. The number of benzene rings is 1. The molecule has 3 nitrogen and oxygen atoms in total. The van der Waals surface area contributed by atoms with Crippen LogP contribution >= 0.6 is 0 Å². The topological polar surface area (TPSA) is 50.2 Å². The molecule has 0 bridgehead atoms. The second-order valence-corrected chi connectivity index (χ2v) is 3.96. The first-order valence-corrected chi connectivity index (χ1v) is 5.23. The third kappa shape index (κ3) is 2.03. The van der Waals surface area contributed by atoms with E-state index in [0.717, 1.165) is 16.3 Å². The van der Waals surface area contributed by atoms with Gasteiger partial charge in [-0.3, -0.25) is 9.78 Å². The fourth-order valence-electron chi connectivity index (χ4n) is 1.76. The molecule has 16 heavy (non-hydrogen) atoms. The van der Waals surface area contributed by atoms with Gasteiger partial charge in [0, 0.05) is 17.8 Å². The molecule has 1 unspecified atom stereocenters. The number of fused-ring (bicyclic) bond motifs is 1. The summed E-state index contributed by atoms with van der Waals surface area (Å²) in [6.07, 6.45) is 4.07. The van der Waals surface area contributed by atoms with Crippen LogP contribution in [-0.4, -0.2) is 16.1 Å². The van der Waals surface area contributed by atoms with Crippen molar-refractivity contribution in [1.29, 1.82) is 0 Å². The van der Waals surface area contributed by atoms with E-state index in [1.54, 1.807) is 19.3 Å². The van der Waals surface area contributed by atoms with Crippen molar-refractivity contribution in [3.05, 3.63) is 42.2 Å². The van der Waals surface area contributed by atoms with Gasteiger partial charge in [0.1, 0.15) is 0 Å². The number of pyridine rings is 1. The first-order valence-electron chi connectivity index (χ1n) is 5.23. The zero-order chi connectivity index (χ0) is 11.5. The van der Waals surface area contributed by atoms with Crippen molar-refractivity contribution >= 4 is 16.7 Å². The van der Waals surface area contributed by atoms with E-state index < -0.39 is 5.97 Å². The number of aromatic nitrogens is 1. The molecule has 0 radical (unpaired) electrons. The Hall–Kier alpha value is -1.90. The van der Waals surface area contributed by atoms with E-state index in [4.69, 9.17) is 5.11 Å². The van der Waals surface area contributed by atoms with Crippen molar-refractivity contribution in [3.8, 4) is 0 Å². The minimum absolute atomic E-state index is 0.382. The molecule has 2 aromatic rings. The van der Waals surface area contributed by atoms with Gasteiger partial charge in [0.25, 0.3) is 0 Å². The fourth-order valence-corrected chi connectivity index (χ4v) is 1.76. The minimum Gasteiger partial charge on any atom is -0.481 e. The molecule has 2 rings (SSSR count). The van der Waals surface area contributed by atoms with Crippen molar-refractivity contribution in [2.75, 3.05) is 0 Å². The summed E-state index contributed by atoms with van der Waals surface area (Å²) in [6, 6.07) is 7.89. The predicted octanol–water partition coefficient (Wildman–Crippen LogP) is 2.50. The number of hydrogen-bond acceptors (Lipinski definition) is 2. The summed E-state index contributed by atoms with van der Waals surface area (Å²) in [5.41, 5.74) is 0.994. The second-order valence-electron chi connectivity index (χ2n) is 3.96. The van der Waals surface area contributed by atoms with Gasteiger partial charge in [0.15, 0.2) is 0 Å². The number of carbonyl (C=O) groups is 1. The van der Waals surface area contributed by atoms with Crippen LogP contribution in [0.15, 0.2) is 36.7 Å². The van der Waals surface area contributed by atoms with Crippen LogP contribution in [-0.2, 0) is 11.2 Å². The number of hydrogen-bond donors (Lipinski definition) is 1. The molecular weight excluding hydrogens is 202 g/mol. The standard InChI is InChI=1S/C13H13NO2/c1-9(13(15)16)6-11-8-14-7-10-4-2-3-5-12(10)11/h2-5,7-9H,6H2,1H3,(H,15,16). The van der Waals surface area contributed by atoms with E-state index in [2.05, 4.69) is 4.98 Å². The zero-order valence-electron chi connectivity index (χ0n) is 9.05. The summed E-state index contributed by atoms with van der Waals surface area (Å²) in [5.74, 6) is -1.15. The van der Waals surface area contributed by atoms with Crippen LogP contribution in [0.25, 0.3) is 10.8 Å². The van der Waals surface area contributed by atoms with Crippen LogP contribution in [0.5, 0.6) is 0 Å². The maximum absolute atomic E-state index is 10.8. The lowest BCUT2D eigenvalue weighted by Gasteiger charge is -2.08. The first kappa shape index (κ1) is 10.6. The normalized spacial score (nSPS) is 12.6. The van der Waals surface area contributed by atoms with E-state index in [1.165, 1.54) is 0 Å². The lowest BCUT2D eigenvalue weighted by molar-refractivity contribution is -0.141. The third-order valence-corrected chi connectivity index (χ3v) is 2.70. The SMILES string of the molecule is CC(Cc1cncc2ccccc12)C(=O)O. The van der Waals surface area contributed by atoms with Crippen LogP contribution in [0.4, 0.5) is 0 Å². The molecule has 0 aliphatic rings. The van der Waals surface area contributed by atoms with Gasteiger partial charge in [-0.15, -0.1) is 0 Å². The molecule has 0 saturated carbocycles. The number of carboxylic acids is 1. The summed E-state index contributed by atoms with van der Waals surface area (Å²) >= 11 is 0. The largest absolute Gasteiger partial charge is 0.481 e. The molecule has 0 aliphatic heterocycles. The highest BCUT2D eigenvalue weighted by atomic mass is 16.4. The van der Waals surface area contributed by atoms with Gasteiger partial charge in [0.05, 0.1) is 5.92 Å². The molecule has 82 valence electrons. The lowest BCUT2D eigenvalue weighted by Crippen LogP contribution is -2.12. The van der Waals surface area contributed by atoms with Crippen molar-refractivity contribution in [3.63, 3.8) is 0 Å². The van der Waals surface area contributed by atoms with Crippen LogP contribution in [0.3, 0.4) is 0 Å². The third-order valence-electron chi connectivity index (χ3n) is 2.70. The Morgan fingerprint density at radius 2 is 2.12 bits per heavy atom. The van der Waals surface area contributed by atoms with Gasteiger partial charge in [-0.1, -0.05) is 31.2 Å². The van der Waals surface area contributed by atoms with Gasteiger partial charge in [-0.2, -0.15) is 0 Å². The number of rotatable bonds is 3. The van der Waals surface area contributed by atoms with E-state index in [0.29, 0.717) is 6.42 Å². The predicted molar refractivity (Wildman–Crippen MR) is 62.2 cm³/mol. The Morgan fingerprint density at radius 1 is 1.38 bits per heavy atom. The number of nitrogens with zero attached hydrogens (tertiary/aromatic N) is 1. The molecule has 1 N–H and O–H groups in total. The smallest absolute Gasteiger partial charge is 0.306 e. The summed E-state index contributed by atoms with van der Waals surface area (Å²) < 4.78 is 0. The van der Waals surface area contributed by atoms with Crippen LogP contribution < -0.4 is 0 Å². The average molecular weight is 215 g/mol. The molecule has 1 atom stereocenters. The molecule has 0 amide bonds. The highest BCUT2D eigenvalue weighted by Crippen LogP contribution is 2.19. The average Bonchev–Trinajstić information content (AvgIpc) is 2.29. The van der Waals surface area contributed by atoms with Gasteiger partial charge in [-0.05, 0) is 17.4 Å². The number of aliphatic carboxylic acids is 1. The molecule has 1 heterocycles. The highest BCUT2D eigenvalue weighted by Gasteiger charge is 2.13. The maximum atomic E-state index is 10.8. The van der Waals surface area contributed by atoms with Crippen molar-refractivity contribution in [2.24, 2.45) is 5.92 Å². The molecule has 0 saturated heterocycles. The Kier molecular flexibility index (Phi) is 2.86. The Balaban J connectivity index is 2.41. The van der Waals surface area contributed by atoms with E-state index in [-0.39, 0.29) is 5.92 Å². The minimum atomic E-state index is -0.770. The van der Waals surface area contributed by atoms with E-state index in [1.807, 2.05) is 24.3 Å². The molecule has 3 heteroatoms. The van der Waals surface area contributed by atoms with Gasteiger partial charge >= 0.3 is 5.97 Å². The fraction of sp³-hybridized carbons (Fsp3) is 0.231. The molecular formula is C13H13NO2. The van der Waals surface area contributed by atoms with Crippen molar-refractivity contribution < 1.29 is 9.90 Å². The summed E-state index contributed by atoms with van der Waals surface area (Å²) in [4.78, 5) is 15.0. The number of carboxylic acid groups (broad SMARTS) is 1. The monoisotopic (exact) mass is 215 g/mol. The van der Waals surface area contributed by atoms with Crippen LogP contribution in [0.2, 0.25) is 0 Å². The van der Waals surface area contributed by atoms with E-state index >= 15 is 0 Å². The summed E-state index contributed by atoms with van der Waals surface area (Å²) in [7, 11) is 0. The van der Waals surface area contributed by atoms with Crippen LogP contribution in [0, 0.1) is 5.92 Å². The van der Waals surface area contributed by atoms with Crippen molar-refractivity contribution in [1.82, 2.24) is 4.98 Å². The van der Waals surface area contributed by atoms with Gasteiger partial charge in [-0.25, -0.2) is 0 Å². The molecule has 1 aromatic carbocycles. The first-order chi connectivity index (χ1) is 7.68. The molecule has 0 fully saturated rings. The zero-order valence-corrected chi connectivity index (χ0v) is 9.05. The Labute approximate surface area is 93.7 Å². The van der Waals surface area contributed by atoms with Crippen molar-refractivity contribution in [2.45, 2.75) is 13.3 Å². The molecule has 1 aromatic heterocycles. The quantitative estimate of drug-likeness (QED) is 0.855. The molecule has 0 aliphatic carbocycles. The second kappa shape index (κ2) is 4.31. The van der Waals surface area contributed by atoms with Crippen LogP contribution in [0.1, 0.15) is 12.5 Å². The maximum Gasteiger partial charge on any atom is 0.306 e. The molecule has 0 spiro atoms. The summed E-state index contributed by atoms with van der Waals surface area (Å²) in [5, 5.41) is 11.0. The highest BCUT2D eigenvalue weighted by molar-refractivity contribution is 5.85. The van der Waals surface area contributed by atoms with Gasteiger partial charge in [0.2, 0.25) is 0 Å².